The summed E-state index contributed by atoms with van der Waals surface area (Å²) in [5, 5.41) is 5.15. The predicted octanol–water partition coefficient (Wildman–Crippen LogP) is 1.57. The van der Waals surface area contributed by atoms with E-state index in [2.05, 4.69) is 31.1 Å². The maximum absolute atomic E-state index is 12.8. The number of thiophene rings is 1. The van der Waals surface area contributed by atoms with Gasteiger partial charge in [0, 0.05) is 31.7 Å². The molecule has 1 saturated heterocycles. The van der Waals surface area contributed by atoms with Crippen LogP contribution in [0.5, 0.6) is 0 Å². The van der Waals surface area contributed by atoms with Gasteiger partial charge < -0.3 is 5.32 Å². The standard InChI is InChI=1S/C14H25N3O2S2/c1-5-15-7-13-6-14(20-10-13)21(18,19)17-8-11(2)16(4)12(3)9-17/h6,10-12,15H,5,7-9H2,1-4H3. The van der Waals surface area contributed by atoms with Crippen molar-refractivity contribution in [3.63, 3.8) is 0 Å². The van der Waals surface area contributed by atoms with Crippen LogP contribution in [0.1, 0.15) is 26.3 Å². The molecule has 2 heterocycles. The van der Waals surface area contributed by atoms with Crippen LogP contribution in [0.25, 0.3) is 0 Å². The highest BCUT2D eigenvalue weighted by Crippen LogP contribution is 2.27. The van der Waals surface area contributed by atoms with Gasteiger partial charge in [-0.3, -0.25) is 4.90 Å². The Balaban J connectivity index is 2.16. The number of rotatable bonds is 5. The van der Waals surface area contributed by atoms with Crippen molar-refractivity contribution >= 4 is 21.4 Å². The molecule has 0 bridgehead atoms. The number of nitrogens with one attached hydrogen (secondary N) is 1. The number of likely N-dealkylation sites (N-methyl/N-ethyl adjacent to an activating group) is 1. The van der Waals surface area contributed by atoms with E-state index in [1.54, 1.807) is 10.4 Å². The molecule has 1 aliphatic rings. The minimum Gasteiger partial charge on any atom is -0.313 e. The molecule has 0 aromatic carbocycles. The van der Waals surface area contributed by atoms with Crippen molar-refractivity contribution in [3.05, 3.63) is 17.0 Å². The Kier molecular flexibility index (Phi) is 5.43. The summed E-state index contributed by atoms with van der Waals surface area (Å²) in [6, 6.07) is 2.28. The molecule has 1 aromatic heterocycles. The molecule has 7 heteroatoms. The highest BCUT2D eigenvalue weighted by atomic mass is 32.2. The fourth-order valence-electron chi connectivity index (χ4n) is 2.53. The van der Waals surface area contributed by atoms with Gasteiger partial charge in [0.1, 0.15) is 4.21 Å². The third-order valence-electron chi connectivity index (χ3n) is 4.13. The lowest BCUT2D eigenvalue weighted by atomic mass is 10.1. The Morgan fingerprint density at radius 3 is 2.52 bits per heavy atom. The maximum Gasteiger partial charge on any atom is 0.252 e. The third-order valence-corrected chi connectivity index (χ3v) is 7.42. The van der Waals surface area contributed by atoms with Gasteiger partial charge in [0.25, 0.3) is 10.0 Å². The average Bonchev–Trinajstić information content (AvgIpc) is 2.91. The van der Waals surface area contributed by atoms with Crippen LogP contribution in [-0.2, 0) is 16.6 Å². The molecule has 2 rings (SSSR count). The van der Waals surface area contributed by atoms with E-state index < -0.39 is 10.0 Å². The molecule has 2 atom stereocenters. The number of sulfonamides is 1. The van der Waals surface area contributed by atoms with Crippen LogP contribution < -0.4 is 5.32 Å². The number of hydrogen-bond donors (Lipinski definition) is 1. The average molecular weight is 332 g/mol. The van der Waals surface area contributed by atoms with Crippen molar-refractivity contribution in [2.45, 2.75) is 43.6 Å². The molecule has 0 aliphatic carbocycles. The normalized spacial score (nSPS) is 25.3. The Morgan fingerprint density at radius 1 is 1.33 bits per heavy atom. The summed E-state index contributed by atoms with van der Waals surface area (Å²) >= 11 is 1.32. The van der Waals surface area contributed by atoms with Crippen LogP contribution in [0.15, 0.2) is 15.7 Å². The first-order valence-electron chi connectivity index (χ1n) is 7.36. The van der Waals surface area contributed by atoms with E-state index in [0.29, 0.717) is 17.3 Å². The molecule has 1 fully saturated rings. The number of hydrogen-bond acceptors (Lipinski definition) is 5. The van der Waals surface area contributed by atoms with E-state index in [1.165, 1.54) is 11.3 Å². The number of nitrogens with zero attached hydrogens (tertiary/aromatic N) is 2. The molecule has 0 spiro atoms. The summed E-state index contributed by atoms with van der Waals surface area (Å²) in [7, 11) is -1.30. The molecule has 0 amide bonds. The summed E-state index contributed by atoms with van der Waals surface area (Å²) in [4.78, 5) is 2.23. The first kappa shape index (κ1) is 16.9. The van der Waals surface area contributed by atoms with E-state index in [0.717, 1.165) is 18.7 Å². The predicted molar refractivity (Wildman–Crippen MR) is 87.1 cm³/mol. The van der Waals surface area contributed by atoms with Crippen molar-refractivity contribution in [3.8, 4) is 0 Å². The zero-order valence-electron chi connectivity index (χ0n) is 13.2. The lowest BCUT2D eigenvalue weighted by Gasteiger charge is -2.41. The Morgan fingerprint density at radius 2 is 1.95 bits per heavy atom. The largest absolute Gasteiger partial charge is 0.313 e. The van der Waals surface area contributed by atoms with E-state index in [4.69, 9.17) is 0 Å². The topological polar surface area (TPSA) is 52.7 Å². The van der Waals surface area contributed by atoms with Crippen molar-refractivity contribution in [1.29, 1.82) is 0 Å². The SMILES string of the molecule is CCNCc1csc(S(=O)(=O)N2CC(C)N(C)C(C)C2)c1. The quantitative estimate of drug-likeness (QED) is 0.890. The molecule has 21 heavy (non-hydrogen) atoms. The molecule has 1 aromatic rings. The summed E-state index contributed by atoms with van der Waals surface area (Å²) in [5.74, 6) is 0. The number of piperazine rings is 1. The van der Waals surface area contributed by atoms with Crippen molar-refractivity contribution in [2.75, 3.05) is 26.7 Å². The maximum atomic E-state index is 12.8. The molecule has 2 unspecified atom stereocenters. The van der Waals surface area contributed by atoms with Gasteiger partial charge in [-0.2, -0.15) is 4.31 Å². The van der Waals surface area contributed by atoms with Gasteiger partial charge >= 0.3 is 0 Å². The highest BCUT2D eigenvalue weighted by Gasteiger charge is 2.35. The molecule has 5 nitrogen and oxygen atoms in total. The molecule has 1 aliphatic heterocycles. The van der Waals surface area contributed by atoms with E-state index in [-0.39, 0.29) is 12.1 Å². The van der Waals surface area contributed by atoms with Crippen molar-refractivity contribution in [2.24, 2.45) is 0 Å². The summed E-state index contributed by atoms with van der Waals surface area (Å²) in [6.45, 7) is 8.90. The fraction of sp³-hybridized carbons (Fsp3) is 0.714. The third kappa shape index (κ3) is 3.65. The van der Waals surface area contributed by atoms with Crippen LogP contribution in [0.2, 0.25) is 0 Å². The summed E-state index contributed by atoms with van der Waals surface area (Å²) in [6.07, 6.45) is 0. The Bertz CT molecular complexity index is 559. The van der Waals surface area contributed by atoms with E-state index >= 15 is 0 Å². The van der Waals surface area contributed by atoms with Crippen LogP contribution in [0, 0.1) is 0 Å². The highest BCUT2D eigenvalue weighted by molar-refractivity contribution is 7.91. The first-order valence-corrected chi connectivity index (χ1v) is 9.68. The zero-order chi connectivity index (χ0) is 15.6. The van der Waals surface area contributed by atoms with Gasteiger partial charge in [0.05, 0.1) is 0 Å². The summed E-state index contributed by atoms with van der Waals surface area (Å²) < 4.78 is 27.6. The second kappa shape index (κ2) is 6.75. The van der Waals surface area contributed by atoms with Gasteiger partial charge in [0.15, 0.2) is 0 Å². The first-order chi connectivity index (χ1) is 9.86. The van der Waals surface area contributed by atoms with Crippen LogP contribution in [0.3, 0.4) is 0 Å². The molecular weight excluding hydrogens is 306 g/mol. The Labute approximate surface area is 132 Å². The minimum absolute atomic E-state index is 0.240. The lowest BCUT2D eigenvalue weighted by molar-refractivity contribution is 0.105. The molecule has 0 saturated carbocycles. The van der Waals surface area contributed by atoms with E-state index in [1.807, 2.05) is 12.3 Å². The van der Waals surface area contributed by atoms with E-state index in [9.17, 15) is 8.42 Å². The van der Waals surface area contributed by atoms with Crippen molar-refractivity contribution < 1.29 is 8.42 Å². The lowest BCUT2D eigenvalue weighted by Crippen LogP contribution is -2.56. The molecule has 1 N–H and O–H groups in total. The van der Waals surface area contributed by atoms with Gasteiger partial charge in [-0.1, -0.05) is 6.92 Å². The second-order valence-electron chi connectivity index (χ2n) is 5.74. The van der Waals surface area contributed by atoms with Crippen LogP contribution in [0.4, 0.5) is 0 Å². The minimum atomic E-state index is -3.36. The second-order valence-corrected chi connectivity index (χ2v) is 8.82. The van der Waals surface area contributed by atoms with Gasteiger partial charge in [-0.05, 0) is 44.4 Å². The smallest absolute Gasteiger partial charge is 0.252 e. The van der Waals surface area contributed by atoms with Crippen LogP contribution in [-0.4, -0.2) is 56.4 Å². The van der Waals surface area contributed by atoms with Crippen molar-refractivity contribution in [1.82, 2.24) is 14.5 Å². The zero-order valence-corrected chi connectivity index (χ0v) is 14.8. The molecular formula is C14H25N3O2S2. The van der Waals surface area contributed by atoms with Gasteiger partial charge in [-0.25, -0.2) is 8.42 Å². The molecule has 0 radical (unpaired) electrons. The monoisotopic (exact) mass is 331 g/mol. The van der Waals surface area contributed by atoms with Gasteiger partial charge in [0.2, 0.25) is 0 Å². The fourth-order valence-corrected chi connectivity index (χ4v) is 5.49. The summed E-state index contributed by atoms with van der Waals surface area (Å²) in [5.41, 5.74) is 1.04. The Hall–Kier alpha value is -0.470. The van der Waals surface area contributed by atoms with Crippen LogP contribution >= 0.6 is 11.3 Å². The molecule has 120 valence electrons. The van der Waals surface area contributed by atoms with Gasteiger partial charge in [-0.15, -0.1) is 11.3 Å².